The van der Waals surface area contributed by atoms with Crippen LogP contribution in [-0.4, -0.2) is 59.6 Å². The third-order valence-corrected chi connectivity index (χ3v) is 6.65. The molecule has 2 aromatic heterocycles. The average molecular weight is 542 g/mol. The Morgan fingerprint density at radius 3 is 2.78 bits per heavy atom. The first kappa shape index (κ1) is 26.8. The first-order valence-corrected chi connectivity index (χ1v) is 12.5. The molecule has 37 heavy (non-hydrogen) atoms. The van der Waals surface area contributed by atoms with Gasteiger partial charge in [-0.25, -0.2) is 9.97 Å². The molecule has 194 valence electrons. The van der Waals surface area contributed by atoms with Gasteiger partial charge in [0.15, 0.2) is 5.82 Å². The van der Waals surface area contributed by atoms with Gasteiger partial charge in [-0.15, -0.1) is 0 Å². The van der Waals surface area contributed by atoms with E-state index in [1.165, 1.54) is 0 Å². The molecule has 0 saturated carbocycles. The summed E-state index contributed by atoms with van der Waals surface area (Å²) in [6, 6.07) is 9.20. The van der Waals surface area contributed by atoms with Gasteiger partial charge in [0.05, 0.1) is 33.7 Å². The van der Waals surface area contributed by atoms with Crippen molar-refractivity contribution >= 4 is 40.9 Å². The third kappa shape index (κ3) is 5.86. The average Bonchev–Trinajstić information content (AvgIpc) is 3.33. The molecule has 1 atom stereocenters. The van der Waals surface area contributed by atoms with Crippen LogP contribution in [0.2, 0.25) is 5.02 Å². The topological polar surface area (TPSA) is 119 Å². The molecule has 0 radical (unpaired) electrons. The van der Waals surface area contributed by atoms with E-state index in [0.717, 1.165) is 23.0 Å². The Balaban J connectivity index is 1.81. The predicted molar refractivity (Wildman–Crippen MR) is 147 cm³/mol. The fourth-order valence-electron chi connectivity index (χ4n) is 4.20. The number of fused-ring (bicyclic) bond motifs is 1. The lowest BCUT2D eigenvalue weighted by Gasteiger charge is -2.22. The summed E-state index contributed by atoms with van der Waals surface area (Å²) in [5.41, 5.74) is 4.58. The lowest BCUT2D eigenvalue weighted by atomic mass is 10.1. The number of ether oxygens (including phenoxy) is 1. The van der Waals surface area contributed by atoms with Crippen LogP contribution >= 0.6 is 23.2 Å². The zero-order chi connectivity index (χ0) is 26.5. The largest absolute Gasteiger partial charge is 0.491 e. The molecule has 4 rings (SSSR count). The van der Waals surface area contributed by atoms with Crippen LogP contribution in [0.3, 0.4) is 0 Å². The van der Waals surface area contributed by atoms with Gasteiger partial charge in [-0.05, 0) is 43.8 Å². The molecule has 0 unspecified atom stereocenters. The number of aliphatic hydroxyl groups is 1. The molecule has 1 aromatic carbocycles. The van der Waals surface area contributed by atoms with Crippen LogP contribution in [0.5, 0.6) is 5.75 Å². The molecular formula is C26H29Cl2N7O2. The number of aromatic nitrogens is 3. The fraction of sp³-hybridized carbons (Fsp3) is 0.308. The van der Waals surface area contributed by atoms with Gasteiger partial charge in [-0.2, -0.15) is 0 Å². The fourth-order valence-corrected chi connectivity index (χ4v) is 4.59. The van der Waals surface area contributed by atoms with Gasteiger partial charge in [0.25, 0.3) is 0 Å². The van der Waals surface area contributed by atoms with E-state index in [2.05, 4.69) is 26.6 Å². The highest BCUT2D eigenvalue weighted by Gasteiger charge is 2.26. The number of hydrogen-bond donors (Lipinski definition) is 4. The van der Waals surface area contributed by atoms with Crippen molar-refractivity contribution in [2.45, 2.75) is 26.1 Å². The van der Waals surface area contributed by atoms with Crippen molar-refractivity contribution in [3.63, 3.8) is 0 Å². The van der Waals surface area contributed by atoms with Crippen molar-refractivity contribution < 1.29 is 9.84 Å². The van der Waals surface area contributed by atoms with E-state index in [9.17, 15) is 5.11 Å². The molecule has 0 aliphatic carbocycles. The Hall–Kier alpha value is -3.24. The van der Waals surface area contributed by atoms with Crippen LogP contribution in [0.25, 0.3) is 17.1 Å². The van der Waals surface area contributed by atoms with Crippen molar-refractivity contribution in [3.8, 4) is 17.1 Å². The van der Waals surface area contributed by atoms with E-state index in [-0.39, 0.29) is 11.6 Å². The van der Waals surface area contributed by atoms with Gasteiger partial charge in [-0.3, -0.25) is 4.98 Å². The van der Waals surface area contributed by atoms with E-state index in [1.807, 2.05) is 13.0 Å². The molecule has 0 saturated heterocycles. The minimum absolute atomic E-state index is 0.119. The standard InChI is InChI=1S/C26H29Cl2N7O2/c1-15-23(24(31-3)21(28)10-29)33-25(34-26(15)35-12-16-5-4-8-32-22(16)13-35)19-9-18(6-7-20(19)27)37-14-17(36)11-30-2/h4-10,17,29-31,36H,11-14H2,1-3H3/b24-21+,29-10?/t17-/m1/s1. The van der Waals surface area contributed by atoms with E-state index < -0.39 is 6.10 Å². The van der Waals surface area contributed by atoms with Crippen molar-refractivity contribution in [1.29, 1.82) is 5.41 Å². The molecule has 1 aliphatic rings. The number of nitrogens with one attached hydrogen (secondary N) is 3. The Morgan fingerprint density at radius 2 is 2.08 bits per heavy atom. The Kier molecular flexibility index (Phi) is 8.60. The monoisotopic (exact) mass is 541 g/mol. The van der Waals surface area contributed by atoms with Gasteiger partial charge in [0.2, 0.25) is 0 Å². The molecule has 11 heteroatoms. The lowest BCUT2D eigenvalue weighted by Crippen LogP contribution is -2.29. The Bertz CT molecular complexity index is 1310. The number of aliphatic hydroxyl groups excluding tert-OH is 1. The van der Waals surface area contributed by atoms with Crippen molar-refractivity contribution in [2.24, 2.45) is 0 Å². The van der Waals surface area contributed by atoms with Gasteiger partial charge in [0.1, 0.15) is 24.3 Å². The minimum Gasteiger partial charge on any atom is -0.491 e. The zero-order valence-corrected chi connectivity index (χ0v) is 22.4. The van der Waals surface area contributed by atoms with Crippen LogP contribution in [-0.2, 0) is 13.1 Å². The summed E-state index contributed by atoms with van der Waals surface area (Å²) in [4.78, 5) is 16.4. The van der Waals surface area contributed by atoms with Gasteiger partial charge in [0, 0.05) is 43.7 Å². The van der Waals surface area contributed by atoms with Crippen LogP contribution in [0.1, 0.15) is 22.5 Å². The van der Waals surface area contributed by atoms with Gasteiger partial charge < -0.3 is 30.8 Å². The number of rotatable bonds is 10. The Morgan fingerprint density at radius 1 is 1.27 bits per heavy atom. The summed E-state index contributed by atoms with van der Waals surface area (Å²) in [6.45, 7) is 3.71. The normalized spacial score (nSPS) is 14.2. The molecule has 0 spiro atoms. The highest BCUT2D eigenvalue weighted by molar-refractivity contribution is 6.42. The SMILES string of the molecule is CNC[C@@H](O)COc1ccc(Cl)c(-c2nc(/C(NC)=C(\Cl)C=N)c(C)c(N3Cc4cccnc4C3)n2)c1. The summed E-state index contributed by atoms with van der Waals surface area (Å²) in [5.74, 6) is 1.63. The maximum atomic E-state index is 10.0. The number of halogens is 2. The quantitative estimate of drug-likeness (QED) is 0.286. The maximum Gasteiger partial charge on any atom is 0.163 e. The Labute approximate surface area is 226 Å². The molecule has 0 amide bonds. The van der Waals surface area contributed by atoms with E-state index in [4.69, 9.17) is 43.3 Å². The number of hydrogen-bond acceptors (Lipinski definition) is 9. The number of pyridine rings is 1. The van der Waals surface area contributed by atoms with Gasteiger partial charge in [-0.1, -0.05) is 29.3 Å². The molecule has 3 aromatic rings. The predicted octanol–water partition coefficient (Wildman–Crippen LogP) is 3.76. The van der Waals surface area contributed by atoms with E-state index >= 15 is 0 Å². The molecular weight excluding hydrogens is 513 g/mol. The molecule has 9 nitrogen and oxygen atoms in total. The number of likely N-dealkylation sites (N-methyl/N-ethyl adjacent to an activating group) is 1. The summed E-state index contributed by atoms with van der Waals surface area (Å²) < 4.78 is 5.79. The first-order chi connectivity index (χ1) is 17.9. The van der Waals surface area contributed by atoms with Crippen molar-refractivity contribution in [2.75, 3.05) is 32.1 Å². The summed E-state index contributed by atoms with van der Waals surface area (Å²) in [6.07, 6.45) is 2.20. The zero-order valence-electron chi connectivity index (χ0n) is 20.8. The van der Waals surface area contributed by atoms with Crippen LogP contribution in [0.15, 0.2) is 41.6 Å². The molecule has 4 N–H and O–H groups in total. The summed E-state index contributed by atoms with van der Waals surface area (Å²) in [5, 5.41) is 24.4. The second-order valence-corrected chi connectivity index (χ2v) is 9.41. The highest BCUT2D eigenvalue weighted by Crippen LogP contribution is 2.36. The smallest absolute Gasteiger partial charge is 0.163 e. The van der Waals surface area contributed by atoms with Crippen LogP contribution in [0.4, 0.5) is 5.82 Å². The first-order valence-electron chi connectivity index (χ1n) is 11.8. The highest BCUT2D eigenvalue weighted by atomic mass is 35.5. The third-order valence-electron chi connectivity index (χ3n) is 6.02. The number of benzene rings is 1. The van der Waals surface area contributed by atoms with Crippen molar-refractivity contribution in [1.82, 2.24) is 25.6 Å². The lowest BCUT2D eigenvalue weighted by molar-refractivity contribution is 0.108. The molecule has 1 aliphatic heterocycles. The minimum atomic E-state index is -0.657. The van der Waals surface area contributed by atoms with E-state index in [0.29, 0.717) is 59.0 Å². The summed E-state index contributed by atoms with van der Waals surface area (Å²) in [7, 11) is 3.50. The number of nitrogens with zero attached hydrogens (tertiary/aromatic N) is 4. The van der Waals surface area contributed by atoms with Crippen molar-refractivity contribution in [3.05, 3.63) is 69.1 Å². The molecule has 0 bridgehead atoms. The second-order valence-electron chi connectivity index (χ2n) is 8.59. The van der Waals surface area contributed by atoms with Crippen LogP contribution in [0, 0.1) is 12.3 Å². The number of anilines is 1. The molecule has 3 heterocycles. The van der Waals surface area contributed by atoms with Gasteiger partial charge >= 0.3 is 0 Å². The molecule has 0 fully saturated rings. The maximum absolute atomic E-state index is 10.0. The van der Waals surface area contributed by atoms with E-state index in [1.54, 1.807) is 38.5 Å². The van der Waals surface area contributed by atoms with Crippen LogP contribution < -0.4 is 20.3 Å². The second kappa shape index (κ2) is 11.9. The number of allylic oxidation sites excluding steroid dienone is 1. The summed E-state index contributed by atoms with van der Waals surface area (Å²) >= 11 is 13.0.